The van der Waals surface area contributed by atoms with Crippen LogP contribution in [0.3, 0.4) is 0 Å². The molecule has 0 saturated carbocycles. The Morgan fingerprint density at radius 1 is 0.520 bits per heavy atom. The molecule has 1 nitrogen and oxygen atoms in total. The zero-order valence-electron chi connectivity index (χ0n) is 44.0. The number of hydrogen-bond donors (Lipinski definition) is 0. The second kappa shape index (κ2) is 24.3. The van der Waals surface area contributed by atoms with E-state index >= 15 is 0 Å². The Bertz CT molecular complexity index is 3820. The molecule has 10 aromatic rings. The predicted octanol–water partition coefficient (Wildman–Crippen LogP) is 21.4. The number of aromatic nitrogens is 1. The Balaban J connectivity index is 0.00000340. The van der Waals surface area contributed by atoms with Crippen molar-refractivity contribution >= 4 is 70.8 Å². The molecule has 0 aliphatic heterocycles. The molecule has 0 saturated heterocycles. The van der Waals surface area contributed by atoms with E-state index in [0.717, 1.165) is 36.1 Å². The van der Waals surface area contributed by atoms with Gasteiger partial charge < -0.3 is 4.57 Å². The molecular formula is C74H67N. The van der Waals surface area contributed by atoms with Gasteiger partial charge >= 0.3 is 0 Å². The predicted molar refractivity (Wildman–Crippen MR) is 332 cm³/mol. The number of fused-ring (bicyclic) bond motifs is 6. The highest BCUT2D eigenvalue weighted by Gasteiger charge is 2.21. The van der Waals surface area contributed by atoms with E-state index in [4.69, 9.17) is 0 Å². The minimum Gasteiger partial charge on any atom is -0.309 e. The van der Waals surface area contributed by atoms with Gasteiger partial charge in [-0.1, -0.05) is 265 Å². The maximum absolute atomic E-state index is 4.48. The molecule has 75 heavy (non-hydrogen) atoms. The van der Waals surface area contributed by atoms with Crippen LogP contribution in [-0.2, 0) is 0 Å². The Hall–Kier alpha value is -8.78. The molecule has 1 unspecified atom stereocenters. The van der Waals surface area contributed by atoms with Crippen LogP contribution in [0.15, 0.2) is 280 Å². The molecule has 10 rings (SSSR count). The lowest BCUT2D eigenvalue weighted by Crippen LogP contribution is -2.04. The second-order valence-corrected chi connectivity index (χ2v) is 18.6. The van der Waals surface area contributed by atoms with E-state index in [1.165, 1.54) is 98.7 Å². The van der Waals surface area contributed by atoms with Gasteiger partial charge in [0.25, 0.3) is 0 Å². The summed E-state index contributed by atoms with van der Waals surface area (Å²) in [5, 5.41) is 9.73. The Morgan fingerprint density at radius 3 is 1.73 bits per heavy atom. The van der Waals surface area contributed by atoms with Gasteiger partial charge in [0.15, 0.2) is 0 Å². The quantitative estimate of drug-likeness (QED) is 0.0487. The summed E-state index contributed by atoms with van der Waals surface area (Å²) in [6, 6.07) is 68.9. The second-order valence-electron chi connectivity index (χ2n) is 18.6. The molecular weight excluding hydrogens is 903 g/mol. The number of allylic oxidation sites excluding steroid dienone is 15. The monoisotopic (exact) mass is 970 g/mol. The molecule has 0 spiro atoms. The molecule has 1 heterocycles. The molecule has 0 radical (unpaired) electrons. The van der Waals surface area contributed by atoms with Crippen LogP contribution in [0.4, 0.5) is 0 Å². The van der Waals surface area contributed by atoms with E-state index in [1.54, 1.807) is 0 Å². The van der Waals surface area contributed by atoms with Crippen LogP contribution < -0.4 is 0 Å². The first-order chi connectivity index (χ1) is 37.0. The van der Waals surface area contributed by atoms with Crippen LogP contribution in [0.25, 0.3) is 87.7 Å². The third-order valence-electron chi connectivity index (χ3n) is 14.4. The Kier molecular flexibility index (Phi) is 16.6. The largest absolute Gasteiger partial charge is 0.309 e. The summed E-state index contributed by atoms with van der Waals surface area (Å²) in [6.07, 6.45) is 26.1. The van der Waals surface area contributed by atoms with Gasteiger partial charge in [-0.3, -0.25) is 0 Å². The van der Waals surface area contributed by atoms with Crippen molar-refractivity contribution in [3.63, 3.8) is 0 Å². The van der Waals surface area contributed by atoms with Crippen molar-refractivity contribution in [3.8, 4) is 16.8 Å². The number of benzene rings is 9. The van der Waals surface area contributed by atoms with Gasteiger partial charge in [-0.15, -0.1) is 0 Å². The highest BCUT2D eigenvalue weighted by atomic mass is 15.0. The van der Waals surface area contributed by atoms with Crippen LogP contribution in [-0.4, -0.2) is 4.57 Å². The first kappa shape index (κ1) is 51.1. The van der Waals surface area contributed by atoms with E-state index < -0.39 is 0 Å². The zero-order valence-corrected chi connectivity index (χ0v) is 44.0. The van der Waals surface area contributed by atoms with Gasteiger partial charge in [0.1, 0.15) is 0 Å². The first-order valence-electron chi connectivity index (χ1n) is 26.6. The molecule has 368 valence electrons. The van der Waals surface area contributed by atoms with Crippen molar-refractivity contribution in [2.45, 2.75) is 52.9 Å². The van der Waals surface area contributed by atoms with Crippen LogP contribution in [0.5, 0.6) is 0 Å². The van der Waals surface area contributed by atoms with Crippen LogP contribution in [0.1, 0.15) is 75.1 Å². The van der Waals surface area contributed by atoms with Crippen molar-refractivity contribution in [2.24, 2.45) is 0 Å². The number of nitrogens with zero attached hydrogens (tertiary/aromatic N) is 1. The molecule has 0 fully saturated rings. The number of hydrogen-bond acceptors (Lipinski definition) is 0. The SMILES string of the molecule is C=C/C=C\C=C(/CC)C(C/C(=C\C=C(/C=C)c1c2ccccc2c(/C(C=C)=C/C/C=C\C)c2ccccc12)c1ccc(-n2c3ccccc3c3cc(-c4ccc5ccccc5c4)ccc32)cc1)c1ccccc1.CC. The van der Waals surface area contributed by atoms with Crippen LogP contribution >= 0.6 is 0 Å². The van der Waals surface area contributed by atoms with Gasteiger partial charge in [-0.05, 0) is 145 Å². The van der Waals surface area contributed by atoms with Crippen molar-refractivity contribution in [1.29, 1.82) is 0 Å². The zero-order chi connectivity index (χ0) is 52.1. The summed E-state index contributed by atoms with van der Waals surface area (Å²) in [5.41, 5.74) is 15.6. The first-order valence-corrected chi connectivity index (χ1v) is 26.6. The molecule has 0 N–H and O–H groups in total. The highest BCUT2D eigenvalue weighted by molar-refractivity contribution is 6.17. The van der Waals surface area contributed by atoms with Gasteiger partial charge in [0, 0.05) is 22.4 Å². The summed E-state index contributed by atoms with van der Waals surface area (Å²) in [7, 11) is 0. The summed E-state index contributed by atoms with van der Waals surface area (Å²) in [4.78, 5) is 0. The normalized spacial score (nSPS) is 13.0. The molecule has 0 aliphatic rings. The smallest absolute Gasteiger partial charge is 0.0541 e. The number of rotatable bonds is 17. The van der Waals surface area contributed by atoms with Gasteiger partial charge in [0.05, 0.1) is 11.0 Å². The van der Waals surface area contributed by atoms with E-state index in [0.29, 0.717) is 0 Å². The average Bonchev–Trinajstić information content (AvgIpc) is 3.81. The van der Waals surface area contributed by atoms with E-state index in [2.05, 4.69) is 269 Å². The lowest BCUT2D eigenvalue weighted by Gasteiger charge is -2.23. The maximum atomic E-state index is 4.48. The van der Waals surface area contributed by atoms with Crippen molar-refractivity contribution in [3.05, 3.63) is 302 Å². The fourth-order valence-corrected chi connectivity index (χ4v) is 10.8. The fourth-order valence-electron chi connectivity index (χ4n) is 10.8. The summed E-state index contributed by atoms with van der Waals surface area (Å²) < 4.78 is 2.42. The molecule has 1 atom stereocenters. The van der Waals surface area contributed by atoms with Crippen molar-refractivity contribution < 1.29 is 0 Å². The lowest BCUT2D eigenvalue weighted by molar-refractivity contribution is 0.780. The van der Waals surface area contributed by atoms with E-state index in [-0.39, 0.29) is 5.92 Å². The van der Waals surface area contributed by atoms with E-state index in [1.807, 2.05) is 38.2 Å². The molecule has 0 amide bonds. The summed E-state index contributed by atoms with van der Waals surface area (Å²) in [6.45, 7) is 21.1. The van der Waals surface area contributed by atoms with Crippen molar-refractivity contribution in [2.75, 3.05) is 0 Å². The van der Waals surface area contributed by atoms with Gasteiger partial charge in [-0.25, -0.2) is 0 Å². The summed E-state index contributed by atoms with van der Waals surface area (Å²) in [5.74, 6) is 0.133. The third-order valence-corrected chi connectivity index (χ3v) is 14.4. The Labute approximate surface area is 445 Å². The van der Waals surface area contributed by atoms with Gasteiger partial charge in [0.2, 0.25) is 0 Å². The molecule has 1 aromatic heterocycles. The molecule has 1 heteroatoms. The number of para-hydroxylation sites is 1. The van der Waals surface area contributed by atoms with E-state index in [9.17, 15) is 0 Å². The van der Waals surface area contributed by atoms with Crippen molar-refractivity contribution in [1.82, 2.24) is 4.57 Å². The molecule has 0 bridgehead atoms. The van der Waals surface area contributed by atoms with Crippen LogP contribution in [0, 0.1) is 0 Å². The standard InChI is InChI=1S/C72H61N.C2H6/c1-6-11-14-26-51(8-3)67(56-29-16-13-17-30-56)49-59(40-38-53(10-5)72-65-35-22-20-33-63(65)71(52(9-4)27-15-12-7-2)64-34-21-23-36-66(64)72)55-42-45-61(46-43-55)73-69-37-25-24-32-62(69)68-50-60(44-47-70(68)73)58-41-39-54-28-18-19-31-57(54)48-58;1-2/h6-7,9-14,16-48,50,67H,1,4-5,8,15,49H2,2-3H3;1-2H3/b12-7-,14-11-,51-26+,52-27+,53-38+,59-40+;. The minimum absolute atomic E-state index is 0.133. The average molecular weight is 970 g/mol. The molecule has 9 aromatic carbocycles. The maximum Gasteiger partial charge on any atom is 0.0541 e. The van der Waals surface area contributed by atoms with Crippen LogP contribution in [0.2, 0.25) is 0 Å². The Morgan fingerprint density at radius 2 is 1.09 bits per heavy atom. The highest BCUT2D eigenvalue weighted by Crippen LogP contribution is 2.43. The minimum atomic E-state index is 0.133. The summed E-state index contributed by atoms with van der Waals surface area (Å²) >= 11 is 0. The topological polar surface area (TPSA) is 4.93 Å². The molecule has 0 aliphatic carbocycles. The fraction of sp³-hybridized carbons (Fsp3) is 0.108. The van der Waals surface area contributed by atoms with Gasteiger partial charge in [-0.2, -0.15) is 0 Å². The third kappa shape index (κ3) is 10.7. The lowest BCUT2D eigenvalue weighted by atomic mass is 9.82.